The van der Waals surface area contributed by atoms with Gasteiger partial charge in [0, 0.05) is 51.4 Å². The van der Waals surface area contributed by atoms with E-state index in [2.05, 4.69) is 15.2 Å². The number of halogens is 3. The normalized spacial score (nSPS) is 13.9. The van der Waals surface area contributed by atoms with Gasteiger partial charge in [-0.2, -0.15) is 0 Å². The molecule has 0 radical (unpaired) electrons. The average molecular weight is 576 g/mol. The van der Waals surface area contributed by atoms with Crippen LogP contribution in [0.2, 0.25) is 0 Å². The number of benzene rings is 2. The lowest BCUT2D eigenvalue weighted by Crippen LogP contribution is -2.53. The number of nitrogens with one attached hydrogen (secondary N) is 1. The highest BCUT2D eigenvalue weighted by molar-refractivity contribution is 14.0. The number of rotatable bonds is 7. The summed E-state index contributed by atoms with van der Waals surface area (Å²) in [5.41, 5.74) is 1.28. The van der Waals surface area contributed by atoms with Gasteiger partial charge < -0.3 is 29.3 Å². The molecule has 2 aromatic rings. The minimum Gasteiger partial charge on any atom is -0.493 e. The van der Waals surface area contributed by atoms with Crippen LogP contribution in [0.3, 0.4) is 0 Å². The van der Waals surface area contributed by atoms with Crippen molar-refractivity contribution in [2.75, 3.05) is 66.0 Å². The van der Waals surface area contributed by atoms with E-state index in [1.807, 2.05) is 17.0 Å². The number of nitrogens with zero attached hydrogens (tertiary/aromatic N) is 3. The molecule has 7 nitrogen and oxygen atoms in total. The maximum Gasteiger partial charge on any atom is 0.203 e. The molecule has 0 amide bonds. The minimum absolute atomic E-state index is 0. The fraction of sp³-hybridized carbons (Fsp3) is 0.435. The zero-order valence-electron chi connectivity index (χ0n) is 19.4. The van der Waals surface area contributed by atoms with E-state index in [9.17, 15) is 8.78 Å². The van der Waals surface area contributed by atoms with E-state index in [0.717, 1.165) is 17.6 Å². The molecule has 0 unspecified atom stereocenters. The Hall–Kier alpha value is -2.50. The Morgan fingerprint density at radius 3 is 2.27 bits per heavy atom. The molecule has 0 spiro atoms. The number of hydrogen-bond donors (Lipinski definition) is 1. The van der Waals surface area contributed by atoms with Gasteiger partial charge in [-0.25, -0.2) is 8.78 Å². The second-order valence-corrected chi connectivity index (χ2v) is 7.29. The Morgan fingerprint density at radius 2 is 1.67 bits per heavy atom. The third-order valence-corrected chi connectivity index (χ3v) is 5.50. The summed E-state index contributed by atoms with van der Waals surface area (Å²) in [7, 11) is 6.51. The summed E-state index contributed by atoms with van der Waals surface area (Å²) < 4.78 is 43.9. The summed E-state index contributed by atoms with van der Waals surface area (Å²) >= 11 is 0. The molecule has 1 heterocycles. The van der Waals surface area contributed by atoms with E-state index in [4.69, 9.17) is 14.2 Å². The first-order valence-electron chi connectivity index (χ1n) is 10.5. The summed E-state index contributed by atoms with van der Waals surface area (Å²) in [5.74, 6) is 1.75. The fourth-order valence-electron chi connectivity index (χ4n) is 3.89. The van der Waals surface area contributed by atoms with Crippen molar-refractivity contribution in [2.45, 2.75) is 6.42 Å². The molecule has 0 aromatic heterocycles. The predicted molar refractivity (Wildman–Crippen MR) is 137 cm³/mol. The number of methoxy groups -OCH3 is 3. The zero-order chi connectivity index (χ0) is 23.1. The highest BCUT2D eigenvalue weighted by atomic mass is 127. The molecule has 0 aliphatic carbocycles. The number of guanidine groups is 1. The summed E-state index contributed by atoms with van der Waals surface area (Å²) in [5, 5.41) is 3.38. The average Bonchev–Trinajstić information content (AvgIpc) is 2.83. The van der Waals surface area contributed by atoms with Crippen LogP contribution in [0.4, 0.5) is 14.5 Å². The summed E-state index contributed by atoms with van der Waals surface area (Å²) in [4.78, 5) is 8.35. The number of piperazine rings is 1. The molecule has 10 heteroatoms. The van der Waals surface area contributed by atoms with E-state index in [1.165, 1.54) is 12.1 Å². The van der Waals surface area contributed by atoms with Gasteiger partial charge in [0.1, 0.15) is 11.6 Å². The molecule has 0 saturated carbocycles. The fourth-order valence-corrected chi connectivity index (χ4v) is 3.89. The SMILES string of the molecule is CN=C(NCCc1ccc(OC)c(OC)c1OC)N1CCN(c2cc(F)ccc2F)CC1.I. The van der Waals surface area contributed by atoms with Gasteiger partial charge >= 0.3 is 0 Å². The third kappa shape index (κ3) is 6.30. The minimum atomic E-state index is -0.438. The van der Waals surface area contributed by atoms with Crippen LogP contribution >= 0.6 is 24.0 Å². The van der Waals surface area contributed by atoms with Crippen LogP contribution in [-0.2, 0) is 6.42 Å². The Morgan fingerprint density at radius 1 is 0.970 bits per heavy atom. The van der Waals surface area contributed by atoms with E-state index >= 15 is 0 Å². The van der Waals surface area contributed by atoms with Gasteiger partial charge in [0.05, 0.1) is 27.0 Å². The second kappa shape index (κ2) is 12.7. The Bertz CT molecular complexity index is 954. The summed E-state index contributed by atoms with van der Waals surface area (Å²) in [6.45, 7) is 3.08. The van der Waals surface area contributed by atoms with Crippen LogP contribution in [0.5, 0.6) is 17.2 Å². The van der Waals surface area contributed by atoms with Crippen molar-refractivity contribution in [1.82, 2.24) is 10.2 Å². The first-order valence-corrected chi connectivity index (χ1v) is 10.5. The lowest BCUT2D eigenvalue weighted by atomic mass is 10.1. The number of hydrogen-bond acceptors (Lipinski definition) is 5. The maximum absolute atomic E-state index is 14.1. The molecule has 1 aliphatic rings. The van der Waals surface area contributed by atoms with Crippen LogP contribution in [0, 0.1) is 11.6 Å². The lowest BCUT2D eigenvalue weighted by Gasteiger charge is -2.37. The van der Waals surface area contributed by atoms with Crippen molar-refractivity contribution in [2.24, 2.45) is 4.99 Å². The molecular weight excluding hydrogens is 545 g/mol. The molecule has 1 aliphatic heterocycles. The predicted octanol–water partition coefficient (Wildman–Crippen LogP) is 3.55. The van der Waals surface area contributed by atoms with Crippen molar-refractivity contribution >= 4 is 35.6 Å². The van der Waals surface area contributed by atoms with Crippen LogP contribution in [0.15, 0.2) is 35.3 Å². The zero-order valence-corrected chi connectivity index (χ0v) is 21.7. The second-order valence-electron chi connectivity index (χ2n) is 7.29. The van der Waals surface area contributed by atoms with Crippen LogP contribution in [0.25, 0.3) is 0 Å². The first kappa shape index (κ1) is 26.7. The summed E-state index contributed by atoms with van der Waals surface area (Å²) in [6, 6.07) is 7.36. The van der Waals surface area contributed by atoms with Crippen molar-refractivity contribution < 1.29 is 23.0 Å². The standard InChI is InChI=1S/C23H30F2N4O3.HI/c1-26-23(27-10-9-16-5-8-20(30-2)22(32-4)21(16)31-3)29-13-11-28(12-14-29)19-15-17(24)6-7-18(19)25;/h5-8,15H,9-14H2,1-4H3,(H,26,27);1H. The number of ether oxygens (including phenoxy) is 3. The van der Waals surface area contributed by atoms with E-state index in [1.54, 1.807) is 28.4 Å². The topological polar surface area (TPSA) is 58.6 Å². The highest BCUT2D eigenvalue weighted by Gasteiger charge is 2.22. The van der Waals surface area contributed by atoms with Gasteiger partial charge in [-0.3, -0.25) is 4.99 Å². The Labute approximate surface area is 210 Å². The lowest BCUT2D eigenvalue weighted by molar-refractivity contribution is 0.322. The first-order chi connectivity index (χ1) is 15.5. The van der Waals surface area contributed by atoms with E-state index < -0.39 is 11.6 Å². The van der Waals surface area contributed by atoms with Crippen LogP contribution in [-0.4, -0.2) is 72.0 Å². The van der Waals surface area contributed by atoms with Crippen LogP contribution < -0.4 is 24.4 Å². The molecular formula is C23H31F2IN4O3. The molecule has 1 saturated heterocycles. The van der Waals surface area contributed by atoms with Gasteiger partial charge in [-0.1, -0.05) is 6.07 Å². The van der Waals surface area contributed by atoms with Crippen molar-refractivity contribution in [3.8, 4) is 17.2 Å². The largest absolute Gasteiger partial charge is 0.493 e. The molecule has 1 fully saturated rings. The molecule has 182 valence electrons. The molecule has 2 aromatic carbocycles. The molecule has 0 atom stereocenters. The van der Waals surface area contributed by atoms with Crippen molar-refractivity contribution in [3.63, 3.8) is 0 Å². The van der Waals surface area contributed by atoms with Gasteiger partial charge in [0.25, 0.3) is 0 Å². The maximum atomic E-state index is 14.1. The molecule has 33 heavy (non-hydrogen) atoms. The number of aliphatic imine (C=N–C) groups is 1. The smallest absolute Gasteiger partial charge is 0.203 e. The van der Waals surface area contributed by atoms with Gasteiger partial charge in [0.2, 0.25) is 5.75 Å². The van der Waals surface area contributed by atoms with Crippen molar-refractivity contribution in [3.05, 3.63) is 47.5 Å². The molecule has 1 N–H and O–H groups in total. The van der Waals surface area contributed by atoms with Gasteiger partial charge in [-0.05, 0) is 24.6 Å². The van der Waals surface area contributed by atoms with E-state index in [0.29, 0.717) is 62.1 Å². The van der Waals surface area contributed by atoms with Gasteiger partial charge in [-0.15, -0.1) is 24.0 Å². The third-order valence-electron chi connectivity index (χ3n) is 5.50. The Balaban J connectivity index is 0.00000385. The highest BCUT2D eigenvalue weighted by Crippen LogP contribution is 2.39. The molecule has 3 rings (SSSR count). The van der Waals surface area contributed by atoms with E-state index in [-0.39, 0.29) is 24.0 Å². The quantitative estimate of drug-likeness (QED) is 0.309. The molecule has 0 bridgehead atoms. The monoisotopic (exact) mass is 576 g/mol. The van der Waals surface area contributed by atoms with Crippen LogP contribution in [0.1, 0.15) is 5.56 Å². The van der Waals surface area contributed by atoms with Gasteiger partial charge in [0.15, 0.2) is 17.5 Å². The van der Waals surface area contributed by atoms with Crippen molar-refractivity contribution in [1.29, 1.82) is 0 Å². The number of anilines is 1. The Kier molecular flexibility index (Phi) is 10.3. The summed E-state index contributed by atoms with van der Waals surface area (Å²) in [6.07, 6.45) is 0.691.